The van der Waals surface area contributed by atoms with E-state index in [-0.39, 0.29) is 25.0 Å². The number of carbonyl (C=O) groups is 1. The first-order chi connectivity index (χ1) is 14.0. The molecule has 2 N–H and O–H groups in total. The summed E-state index contributed by atoms with van der Waals surface area (Å²) in [6.45, 7) is 2.91. The van der Waals surface area contributed by atoms with Crippen LogP contribution in [-0.4, -0.2) is 58.4 Å². The van der Waals surface area contributed by atoms with Crippen LogP contribution in [0, 0.1) is 0 Å². The highest BCUT2D eigenvalue weighted by Gasteiger charge is 2.90. The predicted octanol–water partition coefficient (Wildman–Crippen LogP) is 5.84. The fourth-order valence-corrected chi connectivity index (χ4v) is 2.16. The van der Waals surface area contributed by atoms with Crippen LogP contribution in [0.25, 0.3) is 0 Å². The maximum absolute atomic E-state index is 13.6. The SMILES string of the molecule is C=C(CCCNC(=S)CCC(F)(F)C(F)(F)C(F)(F)C(F)(F)C(F)(F)C(F)(F)F)C(=O)O. The maximum Gasteiger partial charge on any atom is 0.460 e. The number of halogens is 13. The molecule has 0 saturated heterocycles. The van der Waals surface area contributed by atoms with Gasteiger partial charge in [0.2, 0.25) is 0 Å². The van der Waals surface area contributed by atoms with Gasteiger partial charge in [0.15, 0.2) is 0 Å². The van der Waals surface area contributed by atoms with Crippen LogP contribution in [0.5, 0.6) is 0 Å². The van der Waals surface area contributed by atoms with Gasteiger partial charge in [-0.15, -0.1) is 0 Å². The average Bonchev–Trinajstić information content (AvgIpc) is 2.61. The van der Waals surface area contributed by atoms with Crippen LogP contribution < -0.4 is 5.32 Å². The molecule has 0 heterocycles. The van der Waals surface area contributed by atoms with Gasteiger partial charge < -0.3 is 10.4 Å². The number of nitrogens with one attached hydrogen (secondary N) is 1. The number of alkyl halides is 13. The standard InChI is InChI=1S/C15H14F13NO2S/c1-7(9(30)31)3-2-6-29-8(32)4-5-10(16,17)11(18,19)12(20,21)13(22,23)14(24,25)15(26,27)28/h1-6H2,(H,29,32)(H,30,31). The first-order valence-corrected chi connectivity index (χ1v) is 8.51. The summed E-state index contributed by atoms with van der Waals surface area (Å²) in [6.07, 6.45) is -11.4. The number of hydrogen-bond donors (Lipinski definition) is 2. The number of rotatable bonds is 12. The zero-order valence-corrected chi connectivity index (χ0v) is 16.2. The van der Waals surface area contributed by atoms with Gasteiger partial charge in [-0.25, -0.2) is 4.79 Å². The second kappa shape index (κ2) is 9.59. The summed E-state index contributed by atoms with van der Waals surface area (Å²) in [5.74, 6) is -38.4. The fourth-order valence-electron chi connectivity index (χ4n) is 1.95. The summed E-state index contributed by atoms with van der Waals surface area (Å²) in [7, 11) is 0. The van der Waals surface area contributed by atoms with E-state index in [1.54, 1.807) is 0 Å². The van der Waals surface area contributed by atoms with Crippen LogP contribution in [-0.2, 0) is 4.79 Å². The summed E-state index contributed by atoms with van der Waals surface area (Å²) in [5, 5.41) is 10.7. The lowest BCUT2D eigenvalue weighted by molar-refractivity contribution is -0.440. The summed E-state index contributed by atoms with van der Waals surface area (Å²) in [5.41, 5.74) is -0.261. The van der Waals surface area contributed by atoms with Crippen LogP contribution in [0.4, 0.5) is 57.1 Å². The minimum Gasteiger partial charge on any atom is -0.478 e. The fraction of sp³-hybridized carbons (Fsp3) is 0.733. The molecule has 0 unspecified atom stereocenters. The average molecular weight is 519 g/mol. The molecule has 0 saturated carbocycles. The molecule has 0 aliphatic carbocycles. The largest absolute Gasteiger partial charge is 0.478 e. The number of hydrogen-bond acceptors (Lipinski definition) is 2. The normalized spacial score (nSPS) is 14.3. The third-order valence-corrected chi connectivity index (χ3v) is 4.29. The van der Waals surface area contributed by atoms with E-state index in [4.69, 9.17) is 5.11 Å². The smallest absolute Gasteiger partial charge is 0.460 e. The number of carboxylic acid groups (broad SMARTS) is 1. The molecule has 0 radical (unpaired) electrons. The lowest BCUT2D eigenvalue weighted by Gasteiger charge is -2.39. The Kier molecular flexibility index (Phi) is 9.04. The van der Waals surface area contributed by atoms with E-state index in [1.807, 2.05) is 0 Å². The molecule has 0 rings (SSSR count). The van der Waals surface area contributed by atoms with Crippen molar-refractivity contribution in [2.24, 2.45) is 0 Å². The van der Waals surface area contributed by atoms with Gasteiger partial charge in [0.05, 0.1) is 4.99 Å². The second-order valence-electron chi connectivity index (χ2n) is 6.36. The Morgan fingerprint density at radius 1 is 0.781 bits per heavy atom. The van der Waals surface area contributed by atoms with Gasteiger partial charge in [0, 0.05) is 25.0 Å². The van der Waals surface area contributed by atoms with Crippen molar-refractivity contribution in [3.8, 4) is 0 Å². The van der Waals surface area contributed by atoms with Crippen molar-refractivity contribution in [2.75, 3.05) is 6.54 Å². The Balaban J connectivity index is 5.33. The summed E-state index contributed by atoms with van der Waals surface area (Å²) in [6, 6.07) is 0. The van der Waals surface area contributed by atoms with Crippen LogP contribution in [0.1, 0.15) is 25.7 Å². The Labute approximate surface area is 176 Å². The van der Waals surface area contributed by atoms with Crippen molar-refractivity contribution in [1.29, 1.82) is 0 Å². The number of thiocarbonyl (C=S) groups is 1. The molecule has 188 valence electrons. The van der Waals surface area contributed by atoms with E-state index in [0.717, 1.165) is 0 Å². The lowest BCUT2D eigenvalue weighted by Crippen LogP contribution is -2.70. The van der Waals surface area contributed by atoms with Gasteiger partial charge in [-0.05, 0) is 12.8 Å². The highest BCUT2D eigenvalue weighted by Crippen LogP contribution is 2.60. The topological polar surface area (TPSA) is 49.3 Å². The second-order valence-corrected chi connectivity index (χ2v) is 6.85. The molecule has 0 aliphatic heterocycles. The monoisotopic (exact) mass is 519 g/mol. The molecular formula is C15H14F13NO2S. The summed E-state index contributed by atoms with van der Waals surface area (Å²) < 4.78 is 168. The molecule has 0 fully saturated rings. The molecule has 0 aliphatic rings. The molecule has 0 aromatic heterocycles. The first kappa shape index (κ1) is 30.2. The van der Waals surface area contributed by atoms with Crippen molar-refractivity contribution in [3.63, 3.8) is 0 Å². The molecule has 17 heteroatoms. The Bertz CT molecular complexity index is 719. The summed E-state index contributed by atoms with van der Waals surface area (Å²) >= 11 is 4.42. The van der Waals surface area contributed by atoms with Crippen molar-refractivity contribution in [1.82, 2.24) is 5.32 Å². The van der Waals surface area contributed by atoms with Crippen LogP contribution >= 0.6 is 12.2 Å². The van der Waals surface area contributed by atoms with Crippen LogP contribution in [0.3, 0.4) is 0 Å². The van der Waals surface area contributed by atoms with E-state index in [0.29, 0.717) is 0 Å². The Morgan fingerprint density at radius 2 is 1.22 bits per heavy atom. The van der Waals surface area contributed by atoms with Gasteiger partial charge in [-0.1, -0.05) is 18.8 Å². The van der Waals surface area contributed by atoms with Crippen LogP contribution in [0.2, 0.25) is 0 Å². The minimum absolute atomic E-state index is 0.0192. The molecule has 0 spiro atoms. The van der Waals surface area contributed by atoms with E-state index in [1.165, 1.54) is 0 Å². The van der Waals surface area contributed by atoms with Crippen molar-refractivity contribution in [3.05, 3.63) is 12.2 Å². The van der Waals surface area contributed by atoms with Crippen molar-refractivity contribution >= 4 is 23.2 Å². The highest BCUT2D eigenvalue weighted by molar-refractivity contribution is 7.80. The van der Waals surface area contributed by atoms with Gasteiger partial charge in [0.1, 0.15) is 0 Å². The summed E-state index contributed by atoms with van der Waals surface area (Å²) in [4.78, 5) is 9.77. The Morgan fingerprint density at radius 3 is 1.62 bits per heavy atom. The molecule has 0 aromatic rings. The molecule has 32 heavy (non-hydrogen) atoms. The van der Waals surface area contributed by atoms with E-state index in [9.17, 15) is 61.9 Å². The van der Waals surface area contributed by atoms with E-state index in [2.05, 4.69) is 24.1 Å². The molecule has 0 aromatic carbocycles. The number of carboxylic acids is 1. The van der Waals surface area contributed by atoms with Gasteiger partial charge in [-0.2, -0.15) is 57.1 Å². The van der Waals surface area contributed by atoms with Gasteiger partial charge >= 0.3 is 41.8 Å². The molecule has 0 bridgehead atoms. The molecule has 3 nitrogen and oxygen atoms in total. The zero-order chi connectivity index (χ0) is 26.0. The third-order valence-electron chi connectivity index (χ3n) is 3.94. The number of aliphatic carboxylic acids is 1. The molecule has 0 amide bonds. The highest BCUT2D eigenvalue weighted by atomic mass is 32.1. The van der Waals surface area contributed by atoms with E-state index < -0.39 is 59.6 Å². The minimum atomic E-state index is -7.93. The Hall–Kier alpha value is -1.81. The van der Waals surface area contributed by atoms with Gasteiger partial charge in [0.25, 0.3) is 0 Å². The zero-order valence-electron chi connectivity index (χ0n) is 15.4. The predicted molar refractivity (Wildman–Crippen MR) is 86.6 cm³/mol. The van der Waals surface area contributed by atoms with Crippen molar-refractivity contribution in [2.45, 2.75) is 61.5 Å². The third kappa shape index (κ3) is 5.75. The molecular weight excluding hydrogens is 505 g/mol. The van der Waals surface area contributed by atoms with E-state index >= 15 is 0 Å². The van der Waals surface area contributed by atoms with Crippen LogP contribution in [0.15, 0.2) is 12.2 Å². The quantitative estimate of drug-likeness (QED) is 0.147. The first-order valence-electron chi connectivity index (χ1n) is 8.11. The lowest BCUT2D eigenvalue weighted by atomic mass is 9.92. The van der Waals surface area contributed by atoms with Crippen molar-refractivity contribution < 1.29 is 67.0 Å². The maximum atomic E-state index is 13.6. The van der Waals surface area contributed by atoms with Gasteiger partial charge in [-0.3, -0.25) is 0 Å². The molecule has 0 atom stereocenters.